The van der Waals surface area contributed by atoms with Crippen molar-refractivity contribution in [3.05, 3.63) is 40.5 Å². The first-order chi connectivity index (χ1) is 12.6. The van der Waals surface area contributed by atoms with Gasteiger partial charge in [-0.1, -0.05) is 19.9 Å². The summed E-state index contributed by atoms with van der Waals surface area (Å²) < 4.78 is 4.40. The van der Waals surface area contributed by atoms with Crippen molar-refractivity contribution in [2.45, 2.75) is 40.3 Å². The Balaban J connectivity index is 2.04. The zero-order valence-electron chi connectivity index (χ0n) is 15.8. The SMILES string of the molecule is CCn1c(Cn2ccnc2-c2nccs2)nc(=C/NC)/c1=C\CC(C)C. The second-order valence-corrected chi connectivity index (χ2v) is 7.42. The summed E-state index contributed by atoms with van der Waals surface area (Å²) in [7, 11) is 1.91. The Morgan fingerprint density at radius 1 is 1.27 bits per heavy atom. The van der Waals surface area contributed by atoms with Crippen LogP contribution in [0.15, 0.2) is 24.0 Å². The predicted octanol–water partition coefficient (Wildman–Crippen LogP) is 2.06. The van der Waals surface area contributed by atoms with Crippen LogP contribution in [0.25, 0.3) is 23.1 Å². The van der Waals surface area contributed by atoms with E-state index in [9.17, 15) is 0 Å². The molecule has 0 aliphatic rings. The van der Waals surface area contributed by atoms with Gasteiger partial charge in [0, 0.05) is 43.8 Å². The Hall–Kier alpha value is -2.41. The summed E-state index contributed by atoms with van der Waals surface area (Å²) in [6.45, 7) is 8.18. The van der Waals surface area contributed by atoms with Crippen LogP contribution < -0.4 is 16.0 Å². The van der Waals surface area contributed by atoms with E-state index in [1.165, 1.54) is 5.35 Å². The molecule has 0 saturated heterocycles. The third kappa shape index (κ3) is 3.88. The van der Waals surface area contributed by atoms with Crippen LogP contribution in [-0.4, -0.2) is 31.1 Å². The lowest BCUT2D eigenvalue weighted by Crippen LogP contribution is -2.31. The number of thiazole rings is 1. The Labute approximate surface area is 158 Å². The summed E-state index contributed by atoms with van der Waals surface area (Å²) in [6.07, 6.45) is 10.9. The molecule has 3 heterocycles. The number of nitrogens with one attached hydrogen (secondary N) is 1. The van der Waals surface area contributed by atoms with Crippen LogP contribution in [0.3, 0.4) is 0 Å². The maximum absolute atomic E-state index is 4.89. The van der Waals surface area contributed by atoms with Gasteiger partial charge in [0.15, 0.2) is 10.8 Å². The third-order valence-electron chi connectivity index (χ3n) is 4.15. The highest BCUT2D eigenvalue weighted by Gasteiger charge is 2.13. The van der Waals surface area contributed by atoms with Crippen molar-refractivity contribution in [2.24, 2.45) is 5.92 Å². The molecule has 6 nitrogen and oxygen atoms in total. The molecule has 1 N–H and O–H groups in total. The second-order valence-electron chi connectivity index (χ2n) is 6.53. The van der Waals surface area contributed by atoms with Gasteiger partial charge in [-0.05, 0) is 19.3 Å². The van der Waals surface area contributed by atoms with Gasteiger partial charge in [0.05, 0.1) is 11.9 Å². The molecule has 0 aromatic carbocycles. The van der Waals surface area contributed by atoms with Crippen LogP contribution in [0, 0.1) is 5.92 Å². The summed E-state index contributed by atoms with van der Waals surface area (Å²) in [5.41, 5.74) is 0. The van der Waals surface area contributed by atoms with Crippen LogP contribution in [-0.2, 0) is 13.1 Å². The average Bonchev–Trinajstić information content (AvgIpc) is 3.33. The molecule has 3 rings (SSSR count). The Kier molecular flexibility index (Phi) is 5.88. The van der Waals surface area contributed by atoms with Crippen molar-refractivity contribution in [1.29, 1.82) is 0 Å². The van der Waals surface area contributed by atoms with Crippen molar-refractivity contribution >= 4 is 23.6 Å². The molecule has 0 spiro atoms. The number of hydrogen-bond acceptors (Lipinski definition) is 5. The van der Waals surface area contributed by atoms with Gasteiger partial charge in [-0.3, -0.25) is 0 Å². The molecule has 0 radical (unpaired) electrons. The van der Waals surface area contributed by atoms with E-state index < -0.39 is 0 Å². The molecule has 7 heteroatoms. The number of nitrogens with zero attached hydrogens (tertiary/aromatic N) is 5. The first-order valence-electron chi connectivity index (χ1n) is 8.98. The van der Waals surface area contributed by atoms with Gasteiger partial charge in [0.2, 0.25) is 0 Å². The third-order valence-corrected chi connectivity index (χ3v) is 4.91. The fourth-order valence-corrected chi connectivity index (χ4v) is 3.58. The number of aromatic nitrogens is 5. The highest BCUT2D eigenvalue weighted by Crippen LogP contribution is 2.20. The van der Waals surface area contributed by atoms with E-state index in [4.69, 9.17) is 4.98 Å². The molecule has 0 amide bonds. The fourth-order valence-electron chi connectivity index (χ4n) is 2.93. The van der Waals surface area contributed by atoms with Gasteiger partial charge in [0.25, 0.3) is 0 Å². The predicted molar refractivity (Wildman–Crippen MR) is 107 cm³/mol. The van der Waals surface area contributed by atoms with E-state index in [1.807, 2.05) is 37.2 Å². The molecule has 0 unspecified atom stereocenters. The highest BCUT2D eigenvalue weighted by molar-refractivity contribution is 7.13. The lowest BCUT2D eigenvalue weighted by molar-refractivity contribution is 0.637. The van der Waals surface area contributed by atoms with Crippen molar-refractivity contribution in [1.82, 2.24) is 29.4 Å². The largest absolute Gasteiger partial charge is 0.392 e. The Morgan fingerprint density at radius 2 is 2.12 bits per heavy atom. The van der Waals surface area contributed by atoms with Crippen LogP contribution in [0.5, 0.6) is 0 Å². The second kappa shape index (κ2) is 8.31. The van der Waals surface area contributed by atoms with E-state index in [2.05, 4.69) is 51.3 Å². The fraction of sp³-hybridized carbons (Fsp3) is 0.421. The van der Waals surface area contributed by atoms with E-state index in [0.717, 1.165) is 35.0 Å². The minimum Gasteiger partial charge on any atom is -0.392 e. The van der Waals surface area contributed by atoms with Crippen molar-refractivity contribution in [3.8, 4) is 10.8 Å². The Bertz CT molecular complexity index is 949. The van der Waals surface area contributed by atoms with Crippen molar-refractivity contribution in [3.63, 3.8) is 0 Å². The van der Waals surface area contributed by atoms with Gasteiger partial charge in [-0.15, -0.1) is 11.3 Å². The molecule has 0 fully saturated rings. The van der Waals surface area contributed by atoms with Crippen molar-refractivity contribution in [2.75, 3.05) is 7.05 Å². The summed E-state index contributed by atoms with van der Waals surface area (Å²) in [4.78, 5) is 13.8. The first kappa shape index (κ1) is 18.4. The lowest BCUT2D eigenvalue weighted by atomic mass is 10.1. The normalized spacial score (nSPS) is 13.1. The minimum absolute atomic E-state index is 0.617. The lowest BCUT2D eigenvalue weighted by Gasteiger charge is -2.08. The summed E-state index contributed by atoms with van der Waals surface area (Å²) in [6, 6.07) is 0. The molecular weight excluding hydrogens is 344 g/mol. The summed E-state index contributed by atoms with van der Waals surface area (Å²) >= 11 is 1.60. The van der Waals surface area contributed by atoms with Crippen LogP contribution in [0.2, 0.25) is 0 Å². The molecule has 3 aromatic heterocycles. The minimum atomic E-state index is 0.617. The Morgan fingerprint density at radius 3 is 2.77 bits per heavy atom. The van der Waals surface area contributed by atoms with E-state index in [-0.39, 0.29) is 0 Å². The molecule has 0 bridgehead atoms. The van der Waals surface area contributed by atoms with Crippen LogP contribution in [0.4, 0.5) is 0 Å². The number of imidazole rings is 2. The van der Waals surface area contributed by atoms with Crippen molar-refractivity contribution < 1.29 is 0 Å². The van der Waals surface area contributed by atoms with Crippen LogP contribution >= 0.6 is 11.3 Å². The molecule has 0 saturated carbocycles. The molecule has 138 valence electrons. The quantitative estimate of drug-likeness (QED) is 0.692. The standard InChI is InChI=1S/C19H26N6S/c1-5-25-16(7-6-14(2)3)15(12-20-4)23-17(25)13-24-10-8-21-18(24)19-22-9-11-26-19/h7-12,14,20H,5-6,13H2,1-4H3/b15-12+,16-7+. The molecule has 0 atom stereocenters. The summed E-state index contributed by atoms with van der Waals surface area (Å²) in [5.74, 6) is 2.53. The molecule has 0 aliphatic carbocycles. The molecule has 3 aromatic rings. The molecule has 26 heavy (non-hydrogen) atoms. The number of hydrogen-bond donors (Lipinski definition) is 1. The van der Waals surface area contributed by atoms with E-state index in [0.29, 0.717) is 12.5 Å². The highest BCUT2D eigenvalue weighted by atomic mass is 32.1. The van der Waals surface area contributed by atoms with E-state index in [1.54, 1.807) is 11.3 Å². The van der Waals surface area contributed by atoms with Crippen LogP contribution in [0.1, 0.15) is 33.0 Å². The van der Waals surface area contributed by atoms with Gasteiger partial charge in [-0.2, -0.15) is 0 Å². The average molecular weight is 371 g/mol. The first-order valence-corrected chi connectivity index (χ1v) is 9.86. The number of rotatable bonds is 7. The molecular formula is C19H26N6S. The summed E-state index contributed by atoms with van der Waals surface area (Å²) in [5, 5.41) is 8.19. The monoisotopic (exact) mass is 370 g/mol. The van der Waals surface area contributed by atoms with Gasteiger partial charge in [0.1, 0.15) is 11.2 Å². The maximum atomic E-state index is 4.89. The smallest absolute Gasteiger partial charge is 0.169 e. The van der Waals surface area contributed by atoms with E-state index >= 15 is 0 Å². The van der Waals surface area contributed by atoms with Gasteiger partial charge < -0.3 is 14.5 Å². The zero-order chi connectivity index (χ0) is 18.5. The van der Waals surface area contributed by atoms with Gasteiger partial charge >= 0.3 is 0 Å². The zero-order valence-corrected chi connectivity index (χ0v) is 16.6. The molecule has 0 aliphatic heterocycles. The maximum Gasteiger partial charge on any atom is 0.169 e. The van der Waals surface area contributed by atoms with Gasteiger partial charge in [-0.25, -0.2) is 15.0 Å². The topological polar surface area (TPSA) is 60.6 Å².